The molecular formula is C30H31N3O3S. The molecule has 37 heavy (non-hydrogen) atoms. The highest BCUT2D eigenvalue weighted by Crippen LogP contribution is 2.38. The first-order chi connectivity index (χ1) is 17.8. The van der Waals surface area contributed by atoms with E-state index in [0.717, 1.165) is 45.9 Å². The number of hydrogen-bond donors (Lipinski definition) is 0. The third-order valence-corrected chi connectivity index (χ3v) is 7.50. The summed E-state index contributed by atoms with van der Waals surface area (Å²) in [5, 5.41) is 0. The van der Waals surface area contributed by atoms with E-state index in [4.69, 9.17) is 4.74 Å². The number of carbonyl (C=O) groups excluding carboxylic acids is 2. The molecule has 0 aliphatic carbocycles. The fourth-order valence-electron chi connectivity index (χ4n) is 5.09. The maximum Gasteiger partial charge on any atom is 0.245 e. The molecule has 0 spiro atoms. The van der Waals surface area contributed by atoms with Gasteiger partial charge in [0.15, 0.2) is 0 Å². The molecule has 2 aliphatic rings. The molecule has 3 aromatic rings. The summed E-state index contributed by atoms with van der Waals surface area (Å²) in [6.07, 6.45) is 6.17. The average Bonchev–Trinajstić information content (AvgIpc) is 3.20. The van der Waals surface area contributed by atoms with E-state index in [1.54, 1.807) is 11.9 Å². The van der Waals surface area contributed by atoms with Crippen LogP contribution in [0.5, 0.6) is 5.75 Å². The van der Waals surface area contributed by atoms with Crippen molar-refractivity contribution in [1.29, 1.82) is 0 Å². The summed E-state index contributed by atoms with van der Waals surface area (Å²) in [5.74, 6) is 1.21. The summed E-state index contributed by atoms with van der Waals surface area (Å²) < 4.78 is 8.20. The van der Waals surface area contributed by atoms with Crippen LogP contribution in [0, 0.1) is 13.8 Å². The second-order valence-corrected chi connectivity index (χ2v) is 10.6. The van der Waals surface area contributed by atoms with Crippen LogP contribution in [-0.4, -0.2) is 54.8 Å². The number of benzene rings is 3. The van der Waals surface area contributed by atoms with Crippen LogP contribution < -0.4 is 14.5 Å². The highest BCUT2D eigenvalue weighted by atomic mass is 32.2. The zero-order valence-corrected chi connectivity index (χ0v) is 22.7. The van der Waals surface area contributed by atoms with Gasteiger partial charge in [-0.25, -0.2) is 0 Å². The van der Waals surface area contributed by atoms with Crippen LogP contribution in [0.4, 0.5) is 17.1 Å². The van der Waals surface area contributed by atoms with Crippen LogP contribution in [0.2, 0.25) is 0 Å². The molecule has 2 amide bonds. The van der Waals surface area contributed by atoms with Crippen molar-refractivity contribution in [2.24, 2.45) is 0 Å². The molecule has 0 aromatic heterocycles. The van der Waals surface area contributed by atoms with Gasteiger partial charge in [0, 0.05) is 36.2 Å². The topological polar surface area (TPSA) is 52.9 Å². The smallest absolute Gasteiger partial charge is 0.245 e. The van der Waals surface area contributed by atoms with Crippen molar-refractivity contribution in [2.75, 3.05) is 35.9 Å². The van der Waals surface area contributed by atoms with Crippen molar-refractivity contribution < 1.29 is 18.9 Å². The lowest BCUT2D eigenvalue weighted by molar-refractivity contribution is -0.401. The van der Waals surface area contributed by atoms with Gasteiger partial charge >= 0.3 is 0 Å². The first kappa shape index (κ1) is 25.1. The first-order valence-electron chi connectivity index (χ1n) is 12.3. The summed E-state index contributed by atoms with van der Waals surface area (Å²) >= 11 is 1.51. The van der Waals surface area contributed by atoms with Gasteiger partial charge in [0.05, 0.1) is 11.4 Å². The molecular weight excluding hydrogens is 482 g/mol. The predicted molar refractivity (Wildman–Crippen MR) is 150 cm³/mol. The Morgan fingerprint density at radius 1 is 1.19 bits per heavy atom. The molecule has 0 radical (unpaired) electrons. The summed E-state index contributed by atoms with van der Waals surface area (Å²) in [7, 11) is 3.74. The molecule has 2 aliphatic heterocycles. The molecule has 7 heteroatoms. The fourth-order valence-corrected chi connectivity index (χ4v) is 5.53. The number of rotatable bonds is 6. The summed E-state index contributed by atoms with van der Waals surface area (Å²) in [4.78, 5) is 29.6. The van der Waals surface area contributed by atoms with Crippen molar-refractivity contribution in [2.45, 2.75) is 32.9 Å². The lowest BCUT2D eigenvalue weighted by atomic mass is 10.1. The average molecular weight is 514 g/mol. The zero-order valence-electron chi connectivity index (χ0n) is 21.9. The number of anilines is 2. The van der Waals surface area contributed by atoms with E-state index in [1.807, 2.05) is 79.1 Å². The number of thioether (sulfide) groups is 1. The number of aryl methyl sites for hydroxylation is 2. The van der Waals surface area contributed by atoms with Crippen LogP contribution in [-0.2, 0) is 17.8 Å². The number of carbonyl (C=O) groups is 2. The number of ether oxygens (including phenoxy) is 1. The lowest BCUT2D eigenvalue weighted by Gasteiger charge is -2.23. The molecule has 3 aromatic carbocycles. The molecule has 2 heterocycles. The van der Waals surface area contributed by atoms with Gasteiger partial charge in [0.2, 0.25) is 11.8 Å². The molecule has 0 unspecified atom stereocenters. The number of fused-ring (bicyclic) bond motifs is 4. The zero-order chi connectivity index (χ0) is 26.3. The molecule has 0 N–H and O–H groups in total. The molecule has 190 valence electrons. The Morgan fingerprint density at radius 3 is 2.76 bits per heavy atom. The van der Waals surface area contributed by atoms with Crippen LogP contribution in [0.3, 0.4) is 0 Å². The normalized spacial score (nSPS) is 15.9. The quantitative estimate of drug-likeness (QED) is 0.343. The third-order valence-electron chi connectivity index (χ3n) is 6.97. The maximum absolute atomic E-state index is 13.7. The first-order valence-corrected chi connectivity index (χ1v) is 13.7. The molecule has 0 saturated heterocycles. The molecule has 5 rings (SSSR count). The van der Waals surface area contributed by atoms with Gasteiger partial charge in [-0.1, -0.05) is 30.3 Å². The molecule has 0 fully saturated rings. The SMILES string of the molecule is CSCC(=O)N(C)c1cc(C)cc(COc2cc3c(cc2C)C(=O)N2c4ccccc4C[C@H]2[C-]=[N+]3C)c1. The summed E-state index contributed by atoms with van der Waals surface area (Å²) in [6.45, 7) is 4.34. The minimum absolute atomic E-state index is 0.0160. The standard InChI is InChI=1S/C30H31N3O3S/c1-19-10-21(13-23(11-19)32(4)29(34)18-37-5)17-36-28-15-27-25(12-20(28)2)30(35)33-24(16-31(27)3)14-22-8-6-7-9-26(22)33/h6-13,15,24H,14,17-18H2,1-5H3/t24-/m0/s1. The Labute approximate surface area is 222 Å². The van der Waals surface area contributed by atoms with Crippen LogP contribution >= 0.6 is 11.8 Å². The third kappa shape index (κ3) is 4.76. The van der Waals surface area contributed by atoms with Crippen molar-refractivity contribution in [3.05, 3.63) is 82.4 Å². The van der Waals surface area contributed by atoms with E-state index in [1.165, 1.54) is 17.3 Å². The second kappa shape index (κ2) is 10.1. The number of nitrogens with zero attached hydrogens (tertiary/aromatic N) is 3. The van der Waals surface area contributed by atoms with Gasteiger partial charge < -0.3 is 19.1 Å². The fraction of sp³-hybridized carbons (Fsp3) is 0.300. The van der Waals surface area contributed by atoms with E-state index in [-0.39, 0.29) is 17.9 Å². The monoisotopic (exact) mass is 513 g/mol. The van der Waals surface area contributed by atoms with Gasteiger partial charge in [-0.2, -0.15) is 11.8 Å². The Kier molecular flexibility index (Phi) is 6.82. The molecule has 1 atom stereocenters. The predicted octanol–water partition coefficient (Wildman–Crippen LogP) is 5.01. The maximum atomic E-state index is 13.7. The second-order valence-electron chi connectivity index (χ2n) is 9.70. The van der Waals surface area contributed by atoms with E-state index < -0.39 is 0 Å². The Bertz CT molecular complexity index is 1430. The van der Waals surface area contributed by atoms with Crippen molar-refractivity contribution in [3.8, 4) is 5.75 Å². The van der Waals surface area contributed by atoms with Gasteiger partial charge in [-0.05, 0) is 73.0 Å². The van der Waals surface area contributed by atoms with Crippen molar-refractivity contribution >= 4 is 46.9 Å². The van der Waals surface area contributed by atoms with Crippen molar-refractivity contribution in [3.63, 3.8) is 0 Å². The molecule has 0 bridgehead atoms. The van der Waals surface area contributed by atoms with E-state index in [0.29, 0.717) is 17.9 Å². The van der Waals surface area contributed by atoms with Gasteiger partial charge in [-0.15, -0.1) is 0 Å². The lowest BCUT2D eigenvalue weighted by Crippen LogP contribution is -2.38. The van der Waals surface area contributed by atoms with E-state index >= 15 is 0 Å². The summed E-state index contributed by atoms with van der Waals surface area (Å²) in [5.41, 5.74) is 7.34. The van der Waals surface area contributed by atoms with Gasteiger partial charge in [-0.3, -0.25) is 9.59 Å². The largest absolute Gasteiger partial charge is 0.490 e. The highest BCUT2D eigenvalue weighted by Gasteiger charge is 2.35. The van der Waals surface area contributed by atoms with Crippen LogP contribution in [0.15, 0.2) is 54.6 Å². The Hall–Kier alpha value is -3.58. The number of hydrogen-bond acceptors (Lipinski definition) is 4. The van der Waals surface area contributed by atoms with Crippen LogP contribution in [0.25, 0.3) is 0 Å². The Balaban J connectivity index is 1.42. The molecule has 6 nitrogen and oxygen atoms in total. The van der Waals surface area contributed by atoms with Gasteiger partial charge in [0.1, 0.15) is 19.4 Å². The highest BCUT2D eigenvalue weighted by molar-refractivity contribution is 7.99. The minimum atomic E-state index is -0.136. The summed E-state index contributed by atoms with van der Waals surface area (Å²) in [6, 6.07) is 17.9. The van der Waals surface area contributed by atoms with Crippen LogP contribution in [0.1, 0.15) is 32.6 Å². The number of amides is 2. The van der Waals surface area contributed by atoms with E-state index in [9.17, 15) is 9.59 Å². The Morgan fingerprint density at radius 2 is 1.97 bits per heavy atom. The number of para-hydroxylation sites is 1. The molecule has 0 saturated carbocycles. The van der Waals surface area contributed by atoms with E-state index in [2.05, 4.69) is 18.3 Å². The minimum Gasteiger partial charge on any atom is -0.490 e. The van der Waals surface area contributed by atoms with Crippen molar-refractivity contribution in [1.82, 2.24) is 0 Å². The van der Waals surface area contributed by atoms with Gasteiger partial charge in [0.25, 0.3) is 0 Å².